The third kappa shape index (κ3) is 4.36. The van der Waals surface area contributed by atoms with Gasteiger partial charge in [-0.05, 0) is 18.7 Å². The van der Waals surface area contributed by atoms with E-state index in [0.717, 1.165) is 5.39 Å². The predicted octanol–water partition coefficient (Wildman–Crippen LogP) is 4.32. The Morgan fingerprint density at radius 1 is 1.38 bits per heavy atom. The van der Waals surface area contributed by atoms with Gasteiger partial charge < -0.3 is 14.5 Å². The molecule has 1 N–H and O–H groups in total. The number of alkyl halides is 3. The summed E-state index contributed by atoms with van der Waals surface area (Å²) in [5.74, 6) is 0.502. The quantitative estimate of drug-likeness (QED) is 0.860. The molecule has 116 valence electrons. The topological polar surface area (TPSA) is 34.4 Å². The van der Waals surface area contributed by atoms with E-state index in [2.05, 4.69) is 5.32 Å². The zero-order chi connectivity index (χ0) is 15.5. The Bertz CT molecular complexity index is 597. The van der Waals surface area contributed by atoms with Gasteiger partial charge >= 0.3 is 6.18 Å². The fourth-order valence-corrected chi connectivity index (χ4v) is 2.22. The van der Waals surface area contributed by atoms with Crippen LogP contribution in [0.5, 0.6) is 0 Å². The first-order chi connectivity index (χ1) is 9.90. The van der Waals surface area contributed by atoms with Crippen LogP contribution in [0.1, 0.15) is 18.7 Å². The SMILES string of the molecule is CCNC(COCC(F)(F)F)c1cc2cccc(Cl)c2o1. The number of halogens is 4. The Balaban J connectivity index is 2.14. The van der Waals surface area contributed by atoms with Crippen LogP contribution < -0.4 is 5.32 Å². The summed E-state index contributed by atoms with van der Waals surface area (Å²) in [6.07, 6.45) is -4.34. The minimum atomic E-state index is -4.34. The number of ether oxygens (including phenoxy) is 1. The van der Waals surface area contributed by atoms with Gasteiger partial charge in [0, 0.05) is 5.39 Å². The summed E-state index contributed by atoms with van der Waals surface area (Å²) in [5, 5.41) is 4.30. The highest BCUT2D eigenvalue weighted by atomic mass is 35.5. The Hall–Kier alpha value is -1.24. The van der Waals surface area contributed by atoms with Crippen molar-refractivity contribution in [2.45, 2.75) is 19.1 Å². The summed E-state index contributed by atoms with van der Waals surface area (Å²) in [5.41, 5.74) is 0.521. The van der Waals surface area contributed by atoms with Crippen molar-refractivity contribution in [3.8, 4) is 0 Å². The smallest absolute Gasteiger partial charge is 0.411 e. The largest absolute Gasteiger partial charge is 0.458 e. The third-order valence-corrected chi connectivity index (χ3v) is 3.16. The standard InChI is InChI=1S/C14H15ClF3NO2/c1-2-19-11(7-20-8-14(16,17)18)12-6-9-4-3-5-10(15)13(9)21-12/h3-6,11,19H,2,7-8H2,1H3. The van der Waals surface area contributed by atoms with Gasteiger partial charge in [0.25, 0.3) is 0 Å². The van der Waals surface area contributed by atoms with E-state index in [9.17, 15) is 13.2 Å². The van der Waals surface area contributed by atoms with Crippen molar-refractivity contribution < 1.29 is 22.3 Å². The molecule has 0 aliphatic heterocycles. The van der Waals surface area contributed by atoms with Crippen LogP contribution in [0.3, 0.4) is 0 Å². The maximum atomic E-state index is 12.1. The molecule has 7 heteroatoms. The molecule has 1 atom stereocenters. The summed E-state index contributed by atoms with van der Waals surface area (Å²) in [4.78, 5) is 0. The monoisotopic (exact) mass is 321 g/mol. The van der Waals surface area contributed by atoms with E-state index in [4.69, 9.17) is 20.8 Å². The van der Waals surface area contributed by atoms with Crippen LogP contribution in [0.4, 0.5) is 13.2 Å². The number of hydrogen-bond acceptors (Lipinski definition) is 3. The number of likely N-dealkylation sites (N-methyl/N-ethyl adjacent to an activating group) is 1. The fraction of sp³-hybridized carbons (Fsp3) is 0.429. The van der Waals surface area contributed by atoms with E-state index < -0.39 is 18.8 Å². The number of rotatable bonds is 6. The van der Waals surface area contributed by atoms with Crippen molar-refractivity contribution in [1.29, 1.82) is 0 Å². The molecule has 1 heterocycles. The number of para-hydroxylation sites is 1. The Morgan fingerprint density at radius 2 is 2.14 bits per heavy atom. The van der Waals surface area contributed by atoms with Gasteiger partial charge in [-0.15, -0.1) is 0 Å². The van der Waals surface area contributed by atoms with Gasteiger partial charge in [0.1, 0.15) is 12.4 Å². The number of furan rings is 1. The summed E-state index contributed by atoms with van der Waals surface area (Å²) in [6, 6.07) is 6.60. The highest BCUT2D eigenvalue weighted by Crippen LogP contribution is 2.29. The van der Waals surface area contributed by atoms with Gasteiger partial charge in [-0.1, -0.05) is 30.7 Å². The lowest BCUT2D eigenvalue weighted by molar-refractivity contribution is -0.175. The summed E-state index contributed by atoms with van der Waals surface area (Å²) in [6.45, 7) is 1.01. The van der Waals surface area contributed by atoms with Crippen LogP contribution in [0.15, 0.2) is 28.7 Å². The molecule has 3 nitrogen and oxygen atoms in total. The van der Waals surface area contributed by atoms with E-state index in [1.807, 2.05) is 13.0 Å². The molecule has 1 aromatic heterocycles. The summed E-state index contributed by atoms with van der Waals surface area (Å²) < 4.78 is 46.7. The zero-order valence-electron chi connectivity index (χ0n) is 11.3. The van der Waals surface area contributed by atoms with Gasteiger partial charge in [0.15, 0.2) is 5.58 Å². The molecular weight excluding hydrogens is 307 g/mol. The number of fused-ring (bicyclic) bond motifs is 1. The Labute approximate surface area is 125 Å². The normalized spacial score (nSPS) is 13.8. The molecule has 0 fully saturated rings. The molecule has 1 aromatic carbocycles. The number of benzene rings is 1. The minimum absolute atomic E-state index is 0.134. The number of nitrogens with one attached hydrogen (secondary N) is 1. The van der Waals surface area contributed by atoms with Gasteiger partial charge in [0.2, 0.25) is 0 Å². The maximum absolute atomic E-state index is 12.1. The molecule has 0 aliphatic rings. The van der Waals surface area contributed by atoms with Crippen molar-refractivity contribution >= 4 is 22.6 Å². The van der Waals surface area contributed by atoms with Crippen LogP contribution in [-0.4, -0.2) is 25.9 Å². The highest BCUT2D eigenvalue weighted by Gasteiger charge is 2.28. The number of hydrogen-bond donors (Lipinski definition) is 1. The van der Waals surface area contributed by atoms with Crippen molar-refractivity contribution in [3.63, 3.8) is 0 Å². The highest BCUT2D eigenvalue weighted by molar-refractivity contribution is 6.34. The van der Waals surface area contributed by atoms with Crippen LogP contribution in [0.2, 0.25) is 5.02 Å². The molecule has 0 aliphatic carbocycles. The Morgan fingerprint density at radius 3 is 2.76 bits per heavy atom. The average Bonchev–Trinajstić information content (AvgIpc) is 2.82. The predicted molar refractivity (Wildman–Crippen MR) is 74.5 cm³/mol. The second kappa shape index (κ2) is 6.68. The third-order valence-electron chi connectivity index (χ3n) is 2.86. The lowest BCUT2D eigenvalue weighted by Crippen LogP contribution is -2.27. The maximum Gasteiger partial charge on any atom is 0.411 e. The molecule has 2 rings (SSSR count). The second-order valence-corrected chi connectivity index (χ2v) is 4.95. The lowest BCUT2D eigenvalue weighted by Gasteiger charge is -2.16. The molecule has 0 saturated carbocycles. The molecule has 2 aromatic rings. The summed E-state index contributed by atoms with van der Waals surface area (Å²) in [7, 11) is 0. The van der Waals surface area contributed by atoms with Crippen molar-refractivity contribution in [1.82, 2.24) is 5.32 Å². The average molecular weight is 322 g/mol. The van der Waals surface area contributed by atoms with Crippen molar-refractivity contribution in [3.05, 3.63) is 35.0 Å². The van der Waals surface area contributed by atoms with Crippen LogP contribution in [-0.2, 0) is 4.74 Å². The van der Waals surface area contributed by atoms with E-state index in [1.165, 1.54) is 0 Å². The van der Waals surface area contributed by atoms with Gasteiger partial charge in [-0.3, -0.25) is 0 Å². The van der Waals surface area contributed by atoms with E-state index in [-0.39, 0.29) is 6.61 Å². The molecular formula is C14H15ClF3NO2. The van der Waals surface area contributed by atoms with Crippen LogP contribution in [0.25, 0.3) is 11.0 Å². The summed E-state index contributed by atoms with van der Waals surface area (Å²) >= 11 is 6.02. The van der Waals surface area contributed by atoms with E-state index >= 15 is 0 Å². The van der Waals surface area contributed by atoms with Gasteiger partial charge in [0.05, 0.1) is 17.7 Å². The van der Waals surface area contributed by atoms with Crippen LogP contribution >= 0.6 is 11.6 Å². The molecule has 21 heavy (non-hydrogen) atoms. The molecule has 1 unspecified atom stereocenters. The first-order valence-electron chi connectivity index (χ1n) is 6.46. The first-order valence-corrected chi connectivity index (χ1v) is 6.84. The lowest BCUT2D eigenvalue weighted by atomic mass is 10.2. The molecule has 0 radical (unpaired) electrons. The van der Waals surface area contributed by atoms with Crippen molar-refractivity contribution in [2.75, 3.05) is 19.8 Å². The minimum Gasteiger partial charge on any atom is -0.458 e. The zero-order valence-corrected chi connectivity index (χ0v) is 12.1. The van der Waals surface area contributed by atoms with E-state index in [1.54, 1.807) is 18.2 Å². The molecule has 0 amide bonds. The van der Waals surface area contributed by atoms with Gasteiger partial charge in [-0.25, -0.2) is 0 Å². The second-order valence-electron chi connectivity index (χ2n) is 4.55. The molecule has 0 spiro atoms. The Kier molecular flexibility index (Phi) is 5.13. The fourth-order valence-electron chi connectivity index (χ4n) is 2.00. The van der Waals surface area contributed by atoms with E-state index in [0.29, 0.717) is 22.9 Å². The first kappa shape index (κ1) is 16.1. The molecule has 0 bridgehead atoms. The van der Waals surface area contributed by atoms with Crippen molar-refractivity contribution in [2.24, 2.45) is 0 Å². The molecule has 0 saturated heterocycles. The van der Waals surface area contributed by atoms with Crippen LogP contribution in [0, 0.1) is 0 Å². The van der Waals surface area contributed by atoms with Gasteiger partial charge in [-0.2, -0.15) is 13.2 Å².